The van der Waals surface area contributed by atoms with Gasteiger partial charge in [-0.15, -0.1) is 0 Å². The fourth-order valence-electron chi connectivity index (χ4n) is 1.63. The highest BCUT2D eigenvalue weighted by atomic mass is 79.9. The molecule has 1 rings (SSSR count). The second kappa shape index (κ2) is 6.26. The molecule has 0 spiro atoms. The molecule has 0 saturated carbocycles. The summed E-state index contributed by atoms with van der Waals surface area (Å²) in [5, 5.41) is 13.4. The van der Waals surface area contributed by atoms with Gasteiger partial charge in [-0.3, -0.25) is 0 Å². The van der Waals surface area contributed by atoms with Gasteiger partial charge < -0.3 is 10.4 Å². The topological polar surface area (TPSA) is 32.3 Å². The Morgan fingerprint density at radius 3 is 2.33 bits per heavy atom. The smallest absolute Gasteiger partial charge is 0.0942 e. The normalized spacial score (nSPS) is 14.9. The first kappa shape index (κ1) is 12.7. The second-order valence-corrected chi connectivity index (χ2v) is 4.48. The summed E-state index contributed by atoms with van der Waals surface area (Å²) in [6.07, 6.45) is 0.494. The van der Waals surface area contributed by atoms with Crippen LogP contribution in [0.15, 0.2) is 28.7 Å². The third-order valence-electron chi connectivity index (χ3n) is 2.50. The Morgan fingerprint density at radius 2 is 1.87 bits per heavy atom. The third kappa shape index (κ3) is 3.59. The predicted molar refractivity (Wildman–Crippen MR) is 66.9 cm³/mol. The molecule has 1 aromatic carbocycles. The monoisotopic (exact) mass is 271 g/mol. The molecule has 2 N–H and O–H groups in total. The summed E-state index contributed by atoms with van der Waals surface area (Å²) >= 11 is 3.38. The van der Waals surface area contributed by atoms with Crippen molar-refractivity contribution in [3.05, 3.63) is 34.3 Å². The summed E-state index contributed by atoms with van der Waals surface area (Å²) in [6.45, 7) is 5.01. The van der Waals surface area contributed by atoms with Crippen molar-refractivity contribution in [2.75, 3.05) is 6.54 Å². The largest absolute Gasteiger partial charge is 0.387 e. The van der Waals surface area contributed by atoms with Crippen LogP contribution < -0.4 is 5.32 Å². The number of aliphatic hydroxyl groups excluding tert-OH is 1. The fourth-order valence-corrected chi connectivity index (χ4v) is 1.90. The molecule has 0 bridgehead atoms. The lowest BCUT2D eigenvalue weighted by Gasteiger charge is -2.22. The van der Waals surface area contributed by atoms with Crippen LogP contribution in [-0.2, 0) is 0 Å². The molecule has 0 aliphatic rings. The molecule has 3 heteroatoms. The lowest BCUT2D eigenvalue weighted by Crippen LogP contribution is -2.34. The van der Waals surface area contributed by atoms with Crippen LogP contribution in [0.4, 0.5) is 0 Å². The van der Waals surface area contributed by atoms with Gasteiger partial charge in [0.15, 0.2) is 0 Å². The van der Waals surface area contributed by atoms with E-state index in [0.717, 1.165) is 23.0 Å². The summed E-state index contributed by atoms with van der Waals surface area (Å²) in [4.78, 5) is 0. The number of halogens is 1. The highest BCUT2D eigenvalue weighted by Gasteiger charge is 2.17. The molecule has 2 atom stereocenters. The van der Waals surface area contributed by atoms with Gasteiger partial charge >= 0.3 is 0 Å². The van der Waals surface area contributed by atoms with E-state index in [1.54, 1.807) is 0 Å². The van der Waals surface area contributed by atoms with Gasteiger partial charge in [0.05, 0.1) is 6.10 Å². The maximum absolute atomic E-state index is 10.1. The Balaban J connectivity index is 2.73. The molecule has 0 aliphatic carbocycles. The Morgan fingerprint density at radius 1 is 1.27 bits per heavy atom. The maximum Gasteiger partial charge on any atom is 0.0942 e. The van der Waals surface area contributed by atoms with Gasteiger partial charge in [-0.2, -0.15) is 0 Å². The van der Waals surface area contributed by atoms with E-state index in [4.69, 9.17) is 0 Å². The summed E-state index contributed by atoms with van der Waals surface area (Å²) in [5.74, 6) is 0. The number of hydrogen-bond acceptors (Lipinski definition) is 2. The van der Waals surface area contributed by atoms with Crippen LogP contribution in [0.25, 0.3) is 0 Å². The van der Waals surface area contributed by atoms with Crippen LogP contribution in [0.5, 0.6) is 0 Å². The van der Waals surface area contributed by atoms with Crippen molar-refractivity contribution in [1.82, 2.24) is 5.32 Å². The van der Waals surface area contributed by atoms with Crippen molar-refractivity contribution in [3.63, 3.8) is 0 Å². The SMILES string of the molecule is CCNC(CC)C(O)c1ccc(Br)cc1. The maximum atomic E-state index is 10.1. The van der Waals surface area contributed by atoms with Crippen LogP contribution in [-0.4, -0.2) is 17.7 Å². The van der Waals surface area contributed by atoms with E-state index in [-0.39, 0.29) is 6.04 Å². The Hall–Kier alpha value is -0.380. The lowest BCUT2D eigenvalue weighted by atomic mass is 10.0. The Bertz CT molecular complexity index is 286. The molecule has 0 aliphatic heterocycles. The third-order valence-corrected chi connectivity index (χ3v) is 3.03. The second-order valence-electron chi connectivity index (χ2n) is 3.57. The molecule has 0 amide bonds. The average Bonchev–Trinajstić information content (AvgIpc) is 2.26. The van der Waals surface area contributed by atoms with Gasteiger partial charge in [0.1, 0.15) is 0 Å². The average molecular weight is 272 g/mol. The van der Waals surface area contributed by atoms with Crippen LogP contribution in [0.1, 0.15) is 31.9 Å². The summed E-state index contributed by atoms with van der Waals surface area (Å²) < 4.78 is 1.04. The Labute approximate surface area is 99.8 Å². The van der Waals surface area contributed by atoms with Gasteiger partial charge in [0.25, 0.3) is 0 Å². The zero-order valence-corrected chi connectivity index (χ0v) is 10.8. The molecule has 0 heterocycles. The van der Waals surface area contributed by atoms with Crippen molar-refractivity contribution in [2.45, 2.75) is 32.4 Å². The standard InChI is InChI=1S/C12H18BrNO/c1-3-11(14-4-2)12(15)9-5-7-10(13)8-6-9/h5-8,11-12,14-15H,3-4H2,1-2H3. The Kier molecular flexibility index (Phi) is 5.29. The highest BCUT2D eigenvalue weighted by molar-refractivity contribution is 9.10. The molecule has 2 nitrogen and oxygen atoms in total. The van der Waals surface area contributed by atoms with Gasteiger partial charge in [-0.25, -0.2) is 0 Å². The number of likely N-dealkylation sites (N-methyl/N-ethyl adjacent to an activating group) is 1. The molecule has 0 fully saturated rings. The van der Waals surface area contributed by atoms with Crippen molar-refractivity contribution in [2.24, 2.45) is 0 Å². The minimum Gasteiger partial charge on any atom is -0.387 e. The van der Waals surface area contributed by atoms with E-state index in [9.17, 15) is 5.11 Å². The van der Waals surface area contributed by atoms with Gasteiger partial charge in [0, 0.05) is 10.5 Å². The molecule has 2 unspecified atom stereocenters. The molecule has 84 valence electrons. The molecular formula is C12H18BrNO. The highest BCUT2D eigenvalue weighted by Crippen LogP contribution is 2.20. The summed E-state index contributed by atoms with van der Waals surface area (Å²) in [7, 11) is 0. The van der Waals surface area contributed by atoms with Gasteiger partial charge in [0.2, 0.25) is 0 Å². The van der Waals surface area contributed by atoms with Crippen molar-refractivity contribution in [1.29, 1.82) is 0 Å². The first-order valence-electron chi connectivity index (χ1n) is 5.36. The molecule has 15 heavy (non-hydrogen) atoms. The predicted octanol–water partition coefficient (Wildman–Crippen LogP) is 2.87. The minimum absolute atomic E-state index is 0.135. The zero-order valence-electron chi connectivity index (χ0n) is 9.20. The zero-order chi connectivity index (χ0) is 11.3. The van der Waals surface area contributed by atoms with Crippen LogP contribution in [0.2, 0.25) is 0 Å². The van der Waals surface area contributed by atoms with E-state index in [2.05, 4.69) is 35.1 Å². The number of rotatable bonds is 5. The van der Waals surface area contributed by atoms with Gasteiger partial charge in [-0.05, 0) is 30.7 Å². The van der Waals surface area contributed by atoms with E-state index in [1.807, 2.05) is 24.3 Å². The molecule has 0 saturated heterocycles. The molecular weight excluding hydrogens is 254 g/mol. The van der Waals surface area contributed by atoms with Crippen LogP contribution in [0.3, 0.4) is 0 Å². The fraction of sp³-hybridized carbons (Fsp3) is 0.500. The van der Waals surface area contributed by atoms with Crippen LogP contribution >= 0.6 is 15.9 Å². The minimum atomic E-state index is -0.428. The molecule has 1 aromatic rings. The first-order chi connectivity index (χ1) is 7.19. The number of hydrogen-bond donors (Lipinski definition) is 2. The van der Waals surface area contributed by atoms with Crippen LogP contribution in [0, 0.1) is 0 Å². The quantitative estimate of drug-likeness (QED) is 0.863. The molecule has 0 radical (unpaired) electrons. The van der Waals surface area contributed by atoms with Gasteiger partial charge in [-0.1, -0.05) is 41.9 Å². The van der Waals surface area contributed by atoms with E-state index in [0.29, 0.717) is 0 Å². The number of nitrogens with one attached hydrogen (secondary N) is 1. The van der Waals surface area contributed by atoms with Crippen molar-refractivity contribution < 1.29 is 5.11 Å². The van der Waals surface area contributed by atoms with Crippen molar-refractivity contribution >= 4 is 15.9 Å². The van der Waals surface area contributed by atoms with Crippen molar-refractivity contribution in [3.8, 4) is 0 Å². The lowest BCUT2D eigenvalue weighted by molar-refractivity contribution is 0.127. The number of aliphatic hydroxyl groups is 1. The number of benzene rings is 1. The van der Waals surface area contributed by atoms with E-state index < -0.39 is 6.10 Å². The van der Waals surface area contributed by atoms with E-state index in [1.165, 1.54) is 0 Å². The summed E-state index contributed by atoms with van der Waals surface area (Å²) in [5.41, 5.74) is 0.964. The summed E-state index contributed by atoms with van der Waals surface area (Å²) in [6, 6.07) is 7.95. The first-order valence-corrected chi connectivity index (χ1v) is 6.15. The molecule has 0 aromatic heterocycles. The van der Waals surface area contributed by atoms with E-state index >= 15 is 0 Å².